The van der Waals surface area contributed by atoms with Crippen molar-refractivity contribution in [1.82, 2.24) is 5.32 Å². The van der Waals surface area contributed by atoms with Crippen molar-refractivity contribution in [3.8, 4) is 0 Å². The molecule has 1 saturated carbocycles. The van der Waals surface area contributed by atoms with Gasteiger partial charge in [-0.05, 0) is 47.8 Å². The standard InChI is InChI=1S/C12H16BrNOS/c1-14-12(11-6-9(13)7-16-11)8-2-4-10(15)5-3-8/h6-8,12,14H,2-5H2,1H3. The number of carbonyl (C=O) groups excluding carboxylic acids is 1. The Morgan fingerprint density at radius 1 is 1.50 bits per heavy atom. The predicted octanol–water partition coefficient (Wildman–Crippen LogP) is 3.53. The van der Waals surface area contributed by atoms with E-state index in [-0.39, 0.29) is 0 Å². The molecule has 1 heterocycles. The van der Waals surface area contributed by atoms with Crippen molar-refractivity contribution in [3.63, 3.8) is 0 Å². The second kappa shape index (κ2) is 5.43. The van der Waals surface area contributed by atoms with Gasteiger partial charge in [0.05, 0.1) is 0 Å². The highest BCUT2D eigenvalue weighted by Crippen LogP contribution is 2.36. The lowest BCUT2D eigenvalue weighted by Gasteiger charge is -2.28. The molecule has 1 aromatic rings. The molecule has 1 aliphatic rings. The molecule has 0 aliphatic heterocycles. The molecule has 0 saturated heterocycles. The van der Waals surface area contributed by atoms with Crippen LogP contribution < -0.4 is 5.32 Å². The third-order valence-corrected chi connectivity index (χ3v) is 5.04. The number of hydrogen-bond donors (Lipinski definition) is 1. The summed E-state index contributed by atoms with van der Waals surface area (Å²) in [5.41, 5.74) is 0. The molecule has 0 aromatic carbocycles. The normalized spacial score (nSPS) is 20.0. The fourth-order valence-electron chi connectivity index (χ4n) is 2.40. The molecule has 0 radical (unpaired) electrons. The van der Waals surface area contributed by atoms with E-state index in [0.717, 1.165) is 30.2 Å². The molecule has 1 atom stereocenters. The van der Waals surface area contributed by atoms with Crippen LogP contribution in [0.2, 0.25) is 0 Å². The van der Waals surface area contributed by atoms with Gasteiger partial charge in [-0.15, -0.1) is 11.3 Å². The summed E-state index contributed by atoms with van der Waals surface area (Å²) in [5, 5.41) is 5.51. The van der Waals surface area contributed by atoms with Gasteiger partial charge in [0.25, 0.3) is 0 Å². The Kier molecular flexibility index (Phi) is 4.16. The predicted molar refractivity (Wildman–Crippen MR) is 70.8 cm³/mol. The Balaban J connectivity index is 2.07. The number of hydrogen-bond acceptors (Lipinski definition) is 3. The average Bonchev–Trinajstić information content (AvgIpc) is 2.69. The summed E-state index contributed by atoms with van der Waals surface area (Å²) in [4.78, 5) is 12.6. The van der Waals surface area contributed by atoms with Crippen molar-refractivity contribution < 1.29 is 4.79 Å². The van der Waals surface area contributed by atoms with Crippen molar-refractivity contribution >= 4 is 33.0 Å². The number of carbonyl (C=O) groups is 1. The molecular formula is C12H16BrNOS. The fourth-order valence-corrected chi connectivity index (χ4v) is 4.04. The van der Waals surface area contributed by atoms with Gasteiger partial charge in [0.2, 0.25) is 0 Å². The Hall–Kier alpha value is -0.190. The second-order valence-electron chi connectivity index (χ2n) is 4.31. The maximum atomic E-state index is 11.2. The maximum Gasteiger partial charge on any atom is 0.132 e. The summed E-state index contributed by atoms with van der Waals surface area (Å²) in [6.07, 6.45) is 3.57. The van der Waals surface area contributed by atoms with Crippen molar-refractivity contribution in [1.29, 1.82) is 0 Å². The summed E-state index contributed by atoms with van der Waals surface area (Å²) >= 11 is 5.27. The minimum absolute atomic E-state index is 0.407. The van der Waals surface area contributed by atoms with Crippen LogP contribution in [0.4, 0.5) is 0 Å². The Morgan fingerprint density at radius 2 is 2.19 bits per heavy atom. The van der Waals surface area contributed by atoms with E-state index in [9.17, 15) is 4.79 Å². The van der Waals surface area contributed by atoms with Crippen LogP contribution in [-0.2, 0) is 4.79 Å². The molecule has 1 fully saturated rings. The summed E-state index contributed by atoms with van der Waals surface area (Å²) in [7, 11) is 2.01. The zero-order valence-electron chi connectivity index (χ0n) is 9.33. The summed E-state index contributed by atoms with van der Waals surface area (Å²) < 4.78 is 1.15. The van der Waals surface area contributed by atoms with Crippen LogP contribution >= 0.6 is 27.3 Å². The highest BCUT2D eigenvalue weighted by atomic mass is 79.9. The Labute approximate surface area is 109 Å². The smallest absolute Gasteiger partial charge is 0.132 e. The SMILES string of the molecule is CNC(c1cc(Br)cs1)C1CCC(=O)CC1. The van der Waals surface area contributed by atoms with Gasteiger partial charge < -0.3 is 5.32 Å². The van der Waals surface area contributed by atoms with Crippen molar-refractivity contribution in [3.05, 3.63) is 20.8 Å². The van der Waals surface area contributed by atoms with E-state index in [4.69, 9.17) is 0 Å². The first kappa shape index (κ1) is 12.3. The second-order valence-corrected chi connectivity index (χ2v) is 6.17. The quantitative estimate of drug-likeness (QED) is 0.925. The van der Waals surface area contributed by atoms with Gasteiger partial charge in [-0.1, -0.05) is 0 Å². The monoisotopic (exact) mass is 301 g/mol. The van der Waals surface area contributed by atoms with E-state index in [1.165, 1.54) is 4.88 Å². The third kappa shape index (κ3) is 2.73. The minimum Gasteiger partial charge on any atom is -0.312 e. The van der Waals surface area contributed by atoms with E-state index >= 15 is 0 Å². The fraction of sp³-hybridized carbons (Fsp3) is 0.583. The molecule has 0 amide bonds. The van der Waals surface area contributed by atoms with Gasteiger partial charge in [-0.3, -0.25) is 4.79 Å². The Bertz CT molecular complexity index is 367. The van der Waals surface area contributed by atoms with Crippen LogP contribution in [0.25, 0.3) is 0 Å². The summed E-state index contributed by atoms with van der Waals surface area (Å²) in [6.45, 7) is 0. The molecule has 1 aliphatic carbocycles. The molecule has 88 valence electrons. The first-order chi connectivity index (χ1) is 7.70. The van der Waals surface area contributed by atoms with E-state index in [1.807, 2.05) is 7.05 Å². The molecule has 2 nitrogen and oxygen atoms in total. The van der Waals surface area contributed by atoms with Gasteiger partial charge in [0.15, 0.2) is 0 Å². The molecule has 0 spiro atoms. The van der Waals surface area contributed by atoms with Gasteiger partial charge in [0, 0.05) is 33.6 Å². The van der Waals surface area contributed by atoms with E-state index < -0.39 is 0 Å². The highest BCUT2D eigenvalue weighted by Gasteiger charge is 2.27. The van der Waals surface area contributed by atoms with Crippen LogP contribution in [0.3, 0.4) is 0 Å². The van der Waals surface area contributed by atoms with Crippen molar-refractivity contribution in [2.45, 2.75) is 31.7 Å². The average molecular weight is 302 g/mol. The van der Waals surface area contributed by atoms with E-state index in [0.29, 0.717) is 17.7 Å². The van der Waals surface area contributed by atoms with Crippen LogP contribution in [-0.4, -0.2) is 12.8 Å². The molecule has 1 N–H and O–H groups in total. The van der Waals surface area contributed by atoms with E-state index in [2.05, 4.69) is 32.7 Å². The number of Topliss-reactive ketones (excluding diaryl/α,β-unsaturated/α-hetero) is 1. The van der Waals surface area contributed by atoms with Gasteiger partial charge in [-0.25, -0.2) is 0 Å². The lowest BCUT2D eigenvalue weighted by Crippen LogP contribution is -2.28. The molecule has 0 bridgehead atoms. The number of ketones is 1. The van der Waals surface area contributed by atoms with Crippen molar-refractivity contribution in [2.24, 2.45) is 5.92 Å². The summed E-state index contributed by atoms with van der Waals surface area (Å²) in [6, 6.07) is 2.59. The van der Waals surface area contributed by atoms with Crippen LogP contribution in [0.15, 0.2) is 15.9 Å². The topological polar surface area (TPSA) is 29.1 Å². The number of thiophene rings is 1. The Morgan fingerprint density at radius 3 is 2.69 bits per heavy atom. The number of nitrogens with one attached hydrogen (secondary N) is 1. The lowest BCUT2D eigenvalue weighted by atomic mass is 9.83. The van der Waals surface area contributed by atoms with Gasteiger partial charge in [-0.2, -0.15) is 0 Å². The molecule has 16 heavy (non-hydrogen) atoms. The van der Waals surface area contributed by atoms with Crippen LogP contribution in [0.1, 0.15) is 36.6 Å². The number of halogens is 1. The summed E-state index contributed by atoms with van der Waals surface area (Å²) in [5.74, 6) is 1.03. The maximum absolute atomic E-state index is 11.2. The van der Waals surface area contributed by atoms with Crippen LogP contribution in [0, 0.1) is 5.92 Å². The first-order valence-corrected chi connectivity index (χ1v) is 7.31. The molecule has 1 aromatic heterocycles. The van der Waals surface area contributed by atoms with E-state index in [1.54, 1.807) is 11.3 Å². The molecule has 4 heteroatoms. The molecule has 2 rings (SSSR count). The van der Waals surface area contributed by atoms with Gasteiger partial charge in [0.1, 0.15) is 5.78 Å². The third-order valence-electron chi connectivity index (χ3n) is 3.26. The lowest BCUT2D eigenvalue weighted by molar-refractivity contribution is -0.121. The highest BCUT2D eigenvalue weighted by molar-refractivity contribution is 9.10. The number of rotatable bonds is 3. The minimum atomic E-state index is 0.407. The van der Waals surface area contributed by atoms with Crippen molar-refractivity contribution in [2.75, 3.05) is 7.05 Å². The molecule has 1 unspecified atom stereocenters. The van der Waals surface area contributed by atoms with Gasteiger partial charge >= 0.3 is 0 Å². The largest absolute Gasteiger partial charge is 0.312 e. The first-order valence-electron chi connectivity index (χ1n) is 5.63. The zero-order chi connectivity index (χ0) is 11.5. The molecular weight excluding hydrogens is 286 g/mol. The zero-order valence-corrected chi connectivity index (χ0v) is 11.7. The van der Waals surface area contributed by atoms with Crippen LogP contribution in [0.5, 0.6) is 0 Å².